The Morgan fingerprint density at radius 3 is 2.17 bits per heavy atom. The van der Waals surface area contributed by atoms with E-state index in [-0.39, 0.29) is 50.1 Å². The number of aromatic amines is 1. The average Bonchev–Trinajstić information content (AvgIpc) is 3.57. The zero-order valence-corrected chi connectivity index (χ0v) is 20.9. The van der Waals surface area contributed by atoms with E-state index in [4.69, 9.17) is 4.74 Å². The Labute approximate surface area is 224 Å². The first kappa shape index (κ1) is 24.8. The molecule has 8 N–H and O–H groups in total. The number of nitrogens with zero attached hydrogens (tertiary/aromatic N) is 2. The maximum absolute atomic E-state index is 13.7. The normalized spacial score (nSPS) is 25.2. The second kappa shape index (κ2) is 8.38. The zero-order chi connectivity index (χ0) is 28.2. The van der Waals surface area contributed by atoms with Gasteiger partial charge in [0.25, 0.3) is 11.8 Å². The van der Waals surface area contributed by atoms with E-state index in [0.29, 0.717) is 16.2 Å². The third-order valence-electron chi connectivity index (χ3n) is 7.98. The van der Waals surface area contributed by atoms with E-state index in [1.807, 2.05) is 0 Å². The number of carbonyl (C=O) groups is 2. The number of aromatic nitrogens is 2. The largest absolute Gasteiger partial charge is 0.506 e. The highest BCUT2D eigenvalue weighted by atomic mass is 16.6. The molecule has 2 aliphatic heterocycles. The van der Waals surface area contributed by atoms with Gasteiger partial charge in [-0.1, -0.05) is 24.3 Å². The summed E-state index contributed by atoms with van der Waals surface area (Å²) in [4.78, 5) is 30.5. The number of hydrogen-bond donors (Lipinski definition) is 8. The number of benzene rings is 3. The molecule has 5 atom stereocenters. The number of phenols is 2. The quantitative estimate of drug-likeness (QED) is 0.147. The first-order chi connectivity index (χ1) is 19.2. The smallest absolute Gasteiger partial charge is 0.276 e. The van der Waals surface area contributed by atoms with Crippen LogP contribution in [0.3, 0.4) is 0 Å². The number of carbonyl (C=O) groups excluding carboxylic acids is 2. The van der Waals surface area contributed by atoms with Gasteiger partial charge in [0.1, 0.15) is 35.9 Å². The summed E-state index contributed by atoms with van der Waals surface area (Å²) in [5.41, 5.74) is 3.64. The Morgan fingerprint density at radius 2 is 1.50 bits per heavy atom. The van der Waals surface area contributed by atoms with Crippen molar-refractivity contribution in [2.45, 2.75) is 30.6 Å². The van der Waals surface area contributed by atoms with Crippen molar-refractivity contribution in [2.75, 3.05) is 13.7 Å². The van der Waals surface area contributed by atoms with Gasteiger partial charge >= 0.3 is 0 Å². The first-order valence-corrected chi connectivity index (χ1v) is 12.5. The number of ether oxygens (including phenoxy) is 1. The van der Waals surface area contributed by atoms with Crippen LogP contribution in [0.1, 0.15) is 26.9 Å². The minimum atomic E-state index is -1.73. The molecule has 7 rings (SSSR count). The van der Waals surface area contributed by atoms with Crippen molar-refractivity contribution >= 4 is 55.4 Å². The summed E-state index contributed by atoms with van der Waals surface area (Å²) in [5, 5.41) is 66.0. The Kier molecular flexibility index (Phi) is 5.19. The fourth-order valence-corrected chi connectivity index (χ4v) is 6.23. The standard InChI is InChI=1S/C27H24N4O9/c1-28-31-25(38)16-14-9-4-2-6-11(33)18(9)29-19(14)21-15(17(16)26(31)39)10-5-3-7-12(34)20(10)30(21)27-24(37)23(36)22(35)13(8-32)40-27/h2-7,13,22-24,27-29,32-37H,8H2,1H3/t13-,22-,23+,24-,27-/m1/s1. The van der Waals surface area contributed by atoms with Crippen molar-refractivity contribution in [3.8, 4) is 11.5 Å². The van der Waals surface area contributed by atoms with Crippen molar-refractivity contribution in [1.29, 1.82) is 0 Å². The van der Waals surface area contributed by atoms with E-state index in [1.165, 1.54) is 23.7 Å². The van der Waals surface area contributed by atoms with Gasteiger partial charge in [-0.05, 0) is 12.1 Å². The van der Waals surface area contributed by atoms with Gasteiger partial charge in [-0.3, -0.25) is 9.59 Å². The molecule has 2 aromatic heterocycles. The predicted molar refractivity (Wildman–Crippen MR) is 141 cm³/mol. The molecule has 0 unspecified atom stereocenters. The molecule has 0 radical (unpaired) electrons. The lowest BCUT2D eigenvalue weighted by molar-refractivity contribution is -0.249. The Morgan fingerprint density at radius 1 is 0.850 bits per heavy atom. The molecule has 1 saturated heterocycles. The topological polar surface area (TPSA) is 201 Å². The Hall–Kier alpha value is -4.24. The molecule has 0 spiro atoms. The number of hydrogen-bond acceptors (Lipinski definition) is 10. The summed E-state index contributed by atoms with van der Waals surface area (Å²) in [5.74, 6) is -1.64. The van der Waals surface area contributed by atoms with Gasteiger partial charge in [0.15, 0.2) is 6.23 Å². The first-order valence-electron chi connectivity index (χ1n) is 12.5. The van der Waals surface area contributed by atoms with Crippen molar-refractivity contribution in [1.82, 2.24) is 20.0 Å². The maximum Gasteiger partial charge on any atom is 0.276 e. The van der Waals surface area contributed by atoms with Gasteiger partial charge in [0, 0.05) is 28.6 Å². The number of hydrazine groups is 1. The van der Waals surface area contributed by atoms with Crippen LogP contribution < -0.4 is 5.43 Å². The second-order valence-electron chi connectivity index (χ2n) is 9.98. The van der Waals surface area contributed by atoms with E-state index in [2.05, 4.69) is 10.4 Å². The molecule has 1 fully saturated rings. The number of phenolic OH excluding ortho intramolecular Hbond substituents is 2. The Balaban J connectivity index is 1.74. The lowest BCUT2D eigenvalue weighted by atomic mass is 9.96. The Bertz CT molecular complexity index is 1910. The number of imide groups is 1. The molecule has 2 aliphatic rings. The highest BCUT2D eigenvalue weighted by molar-refractivity contribution is 6.39. The summed E-state index contributed by atoms with van der Waals surface area (Å²) >= 11 is 0. The molecule has 206 valence electrons. The van der Waals surface area contributed by atoms with Crippen LogP contribution in [0.4, 0.5) is 0 Å². The number of para-hydroxylation sites is 2. The maximum atomic E-state index is 13.7. The number of aliphatic hydroxyl groups is 4. The van der Waals surface area contributed by atoms with Crippen LogP contribution in [0.25, 0.3) is 43.6 Å². The lowest BCUT2D eigenvalue weighted by Crippen LogP contribution is -2.56. The van der Waals surface area contributed by atoms with E-state index in [9.17, 15) is 40.2 Å². The summed E-state index contributed by atoms with van der Waals surface area (Å²) < 4.78 is 7.29. The minimum Gasteiger partial charge on any atom is -0.506 e. The second-order valence-corrected chi connectivity index (χ2v) is 9.98. The van der Waals surface area contributed by atoms with Gasteiger partial charge in [-0.15, -0.1) is 0 Å². The molecule has 40 heavy (non-hydrogen) atoms. The van der Waals surface area contributed by atoms with Crippen LogP contribution in [0, 0.1) is 0 Å². The molecular formula is C27H24N4O9. The van der Waals surface area contributed by atoms with Crippen LogP contribution >= 0.6 is 0 Å². The van der Waals surface area contributed by atoms with E-state index in [1.54, 1.807) is 24.3 Å². The molecule has 13 heteroatoms. The number of aliphatic hydroxyl groups excluding tert-OH is 4. The number of amides is 2. The highest BCUT2D eigenvalue weighted by Crippen LogP contribution is 2.49. The monoisotopic (exact) mass is 548 g/mol. The molecule has 3 aromatic carbocycles. The molecule has 0 bridgehead atoms. The molecule has 13 nitrogen and oxygen atoms in total. The summed E-state index contributed by atoms with van der Waals surface area (Å²) in [6, 6.07) is 9.31. The predicted octanol–water partition coefficient (Wildman–Crippen LogP) is 0.543. The van der Waals surface area contributed by atoms with Gasteiger partial charge < -0.3 is 44.9 Å². The minimum absolute atomic E-state index is 0.0324. The molecule has 2 amide bonds. The van der Waals surface area contributed by atoms with Crippen molar-refractivity contribution < 1.29 is 45.0 Å². The molecule has 5 aromatic rings. The summed E-state index contributed by atoms with van der Waals surface area (Å²) in [7, 11) is 1.43. The van der Waals surface area contributed by atoms with Crippen molar-refractivity contribution in [3.05, 3.63) is 47.5 Å². The van der Waals surface area contributed by atoms with E-state index < -0.39 is 49.1 Å². The number of aromatic hydroxyl groups is 2. The van der Waals surface area contributed by atoms with Crippen molar-refractivity contribution in [2.24, 2.45) is 0 Å². The third-order valence-corrected chi connectivity index (χ3v) is 7.98. The lowest BCUT2D eigenvalue weighted by Gasteiger charge is -2.41. The molecule has 4 heterocycles. The van der Waals surface area contributed by atoms with Gasteiger partial charge in [-0.25, -0.2) is 10.4 Å². The third kappa shape index (κ3) is 2.90. The fourth-order valence-electron chi connectivity index (χ4n) is 6.23. The van der Waals surface area contributed by atoms with Gasteiger partial charge in [0.2, 0.25) is 0 Å². The number of H-pyrrole nitrogens is 1. The number of nitrogens with one attached hydrogen (secondary N) is 2. The van der Waals surface area contributed by atoms with Gasteiger partial charge in [-0.2, -0.15) is 0 Å². The summed E-state index contributed by atoms with van der Waals surface area (Å²) in [6.45, 7) is -0.681. The molecular weight excluding hydrogens is 524 g/mol. The average molecular weight is 549 g/mol. The molecule has 0 saturated carbocycles. The van der Waals surface area contributed by atoms with E-state index >= 15 is 0 Å². The number of fused-ring (bicyclic) bond motifs is 10. The molecule has 0 aliphatic carbocycles. The van der Waals surface area contributed by atoms with Crippen LogP contribution in [0.15, 0.2) is 36.4 Å². The summed E-state index contributed by atoms with van der Waals surface area (Å²) in [6.07, 6.45) is -7.81. The number of rotatable bonds is 3. The SMILES string of the molecule is CNN1C(=O)c2c(c3c4cccc(O)c4n([C@@H]4O[C@H](CO)[C@@H](O)[C@H](O)[C@H]4O)c3c3[nH]c4c(O)cccc4c23)C1=O. The van der Waals surface area contributed by atoms with Crippen LogP contribution in [0.2, 0.25) is 0 Å². The van der Waals surface area contributed by atoms with Crippen LogP contribution in [0.5, 0.6) is 11.5 Å². The highest BCUT2D eigenvalue weighted by Gasteiger charge is 2.47. The van der Waals surface area contributed by atoms with E-state index in [0.717, 1.165) is 5.01 Å². The van der Waals surface area contributed by atoms with Gasteiger partial charge in [0.05, 0.1) is 39.8 Å². The zero-order valence-electron chi connectivity index (χ0n) is 20.9. The van der Waals surface area contributed by atoms with Crippen molar-refractivity contribution in [3.63, 3.8) is 0 Å². The fraction of sp³-hybridized carbons (Fsp3) is 0.259. The van der Waals surface area contributed by atoms with Crippen LogP contribution in [-0.2, 0) is 4.74 Å². The van der Waals surface area contributed by atoms with Crippen LogP contribution in [-0.4, -0.2) is 95.1 Å².